The Morgan fingerprint density at radius 2 is 1.68 bits per heavy atom. The fourth-order valence-electron chi connectivity index (χ4n) is 3.98. The normalized spacial score (nSPS) is 11.9. The van der Waals surface area contributed by atoms with Gasteiger partial charge in [-0.1, -0.05) is 54.7 Å². The lowest BCUT2D eigenvalue weighted by atomic mass is 10.1. The van der Waals surface area contributed by atoms with Crippen LogP contribution in [0.2, 0.25) is 10.0 Å². The lowest BCUT2D eigenvalue weighted by molar-refractivity contribution is -0.139. The van der Waals surface area contributed by atoms with Gasteiger partial charge in [0.15, 0.2) is 0 Å². The van der Waals surface area contributed by atoms with E-state index in [1.54, 1.807) is 43.3 Å². The van der Waals surface area contributed by atoms with Crippen LogP contribution >= 0.6 is 23.2 Å². The molecule has 0 radical (unpaired) electrons. The molecule has 0 heterocycles. The minimum Gasteiger partial charge on any atom is -0.497 e. The summed E-state index contributed by atoms with van der Waals surface area (Å²) in [4.78, 5) is 28.3. The highest BCUT2D eigenvalue weighted by molar-refractivity contribution is 7.92. The second-order valence-electron chi connectivity index (χ2n) is 9.14. The molecular weight excluding hydrogens is 573 g/mol. The van der Waals surface area contributed by atoms with Crippen molar-refractivity contribution in [1.29, 1.82) is 0 Å². The van der Waals surface area contributed by atoms with Gasteiger partial charge >= 0.3 is 0 Å². The molecule has 1 atom stereocenters. The van der Waals surface area contributed by atoms with Crippen LogP contribution in [0.4, 0.5) is 5.69 Å². The van der Waals surface area contributed by atoms with E-state index in [0.717, 1.165) is 22.7 Å². The molecular formula is C29H33Cl2N3O5S. The van der Waals surface area contributed by atoms with Crippen molar-refractivity contribution in [2.45, 2.75) is 44.2 Å². The van der Waals surface area contributed by atoms with Gasteiger partial charge in [0.25, 0.3) is 10.0 Å². The Hall–Kier alpha value is -3.27. The van der Waals surface area contributed by atoms with Crippen molar-refractivity contribution in [3.8, 4) is 5.75 Å². The van der Waals surface area contributed by atoms with Crippen molar-refractivity contribution < 1.29 is 22.7 Å². The number of nitrogens with one attached hydrogen (secondary N) is 1. The largest absolute Gasteiger partial charge is 0.497 e. The number of ether oxygens (including phenoxy) is 1. The molecule has 0 aromatic heterocycles. The summed E-state index contributed by atoms with van der Waals surface area (Å²) in [6.07, 6.45) is 1.70. The molecule has 40 heavy (non-hydrogen) atoms. The number of benzene rings is 3. The number of sulfonamides is 1. The third-order valence-corrected chi connectivity index (χ3v) is 8.54. The Bertz CT molecular complexity index is 1420. The number of carbonyl (C=O) groups excluding carboxylic acids is 2. The summed E-state index contributed by atoms with van der Waals surface area (Å²) in [7, 11) is -2.68. The number of unbranched alkanes of at least 4 members (excludes halogenated alkanes) is 1. The smallest absolute Gasteiger partial charge is 0.264 e. The fourth-order valence-corrected chi connectivity index (χ4v) is 5.70. The molecule has 0 bridgehead atoms. The first-order valence-corrected chi connectivity index (χ1v) is 15.0. The Balaban J connectivity index is 2.01. The zero-order valence-corrected chi connectivity index (χ0v) is 25.0. The lowest BCUT2D eigenvalue weighted by Gasteiger charge is -2.32. The van der Waals surface area contributed by atoms with E-state index in [2.05, 4.69) is 5.32 Å². The van der Waals surface area contributed by atoms with E-state index in [4.69, 9.17) is 27.9 Å². The molecule has 0 aliphatic carbocycles. The van der Waals surface area contributed by atoms with Crippen LogP contribution in [-0.4, -0.2) is 51.4 Å². The Kier molecular flexibility index (Phi) is 11.2. The molecule has 1 N–H and O–H groups in total. The van der Waals surface area contributed by atoms with Crippen molar-refractivity contribution in [3.05, 3.63) is 88.4 Å². The van der Waals surface area contributed by atoms with Crippen LogP contribution in [0.25, 0.3) is 0 Å². The van der Waals surface area contributed by atoms with Crippen molar-refractivity contribution in [1.82, 2.24) is 10.2 Å². The Morgan fingerprint density at radius 1 is 0.975 bits per heavy atom. The molecule has 3 aromatic carbocycles. The predicted molar refractivity (Wildman–Crippen MR) is 158 cm³/mol. The van der Waals surface area contributed by atoms with Crippen LogP contribution in [0.15, 0.2) is 77.7 Å². The maximum Gasteiger partial charge on any atom is 0.264 e. The van der Waals surface area contributed by atoms with Crippen LogP contribution < -0.4 is 14.4 Å². The number of carbonyl (C=O) groups is 2. The summed E-state index contributed by atoms with van der Waals surface area (Å²) in [5, 5.41) is 3.54. The minimum absolute atomic E-state index is 0.0469. The summed E-state index contributed by atoms with van der Waals surface area (Å²) in [5.41, 5.74) is 0.924. The second-order valence-corrected chi connectivity index (χ2v) is 11.9. The van der Waals surface area contributed by atoms with Crippen molar-refractivity contribution in [3.63, 3.8) is 0 Å². The molecule has 0 saturated carbocycles. The van der Waals surface area contributed by atoms with E-state index in [1.807, 2.05) is 13.0 Å². The maximum atomic E-state index is 13.9. The van der Waals surface area contributed by atoms with E-state index in [-0.39, 0.29) is 23.0 Å². The number of amides is 2. The molecule has 3 aromatic rings. The monoisotopic (exact) mass is 605 g/mol. The second kappa shape index (κ2) is 14.4. The van der Waals surface area contributed by atoms with Gasteiger partial charge in [0, 0.05) is 23.1 Å². The summed E-state index contributed by atoms with van der Waals surface area (Å²) < 4.78 is 33.9. The van der Waals surface area contributed by atoms with Gasteiger partial charge in [-0.3, -0.25) is 13.9 Å². The van der Waals surface area contributed by atoms with Crippen LogP contribution in [0.1, 0.15) is 32.3 Å². The number of methoxy groups -OCH3 is 1. The van der Waals surface area contributed by atoms with E-state index < -0.39 is 28.5 Å². The molecule has 8 nitrogen and oxygen atoms in total. The van der Waals surface area contributed by atoms with Crippen LogP contribution in [0.3, 0.4) is 0 Å². The molecule has 0 aliphatic heterocycles. The van der Waals surface area contributed by atoms with Gasteiger partial charge in [-0.2, -0.15) is 0 Å². The first kappa shape index (κ1) is 31.3. The average molecular weight is 607 g/mol. The minimum atomic E-state index is -4.22. The molecule has 0 spiro atoms. The van der Waals surface area contributed by atoms with E-state index in [1.165, 1.54) is 42.3 Å². The van der Waals surface area contributed by atoms with Gasteiger partial charge in [0.1, 0.15) is 18.3 Å². The third kappa shape index (κ3) is 8.13. The maximum absolute atomic E-state index is 13.9. The molecule has 0 aliphatic rings. The van der Waals surface area contributed by atoms with Crippen molar-refractivity contribution >= 4 is 50.7 Å². The van der Waals surface area contributed by atoms with Crippen LogP contribution in [0, 0.1) is 0 Å². The summed E-state index contributed by atoms with van der Waals surface area (Å²) in [5.74, 6) is -0.311. The highest BCUT2D eigenvalue weighted by Gasteiger charge is 2.32. The van der Waals surface area contributed by atoms with E-state index >= 15 is 0 Å². The van der Waals surface area contributed by atoms with Crippen LogP contribution in [0.5, 0.6) is 5.75 Å². The molecule has 3 rings (SSSR count). The first-order chi connectivity index (χ1) is 19.1. The standard InChI is InChI=1S/C29H33Cl2N3O5S/c1-4-5-16-32-29(36)21(2)33(19-22-8-6-11-26(17-22)39-3)28(35)20-34(25-10-7-9-24(31)18-25)40(37,38)27-14-12-23(30)13-15-27/h6-15,17-18,21H,4-5,16,19-20H2,1-3H3,(H,32,36)/t21-/m0/s1. The zero-order valence-electron chi connectivity index (χ0n) is 22.6. The molecule has 11 heteroatoms. The fraction of sp³-hybridized carbons (Fsp3) is 0.310. The Labute approximate surface area is 245 Å². The van der Waals surface area contributed by atoms with Gasteiger partial charge in [-0.15, -0.1) is 0 Å². The summed E-state index contributed by atoms with van der Waals surface area (Å²) >= 11 is 12.2. The van der Waals surface area contributed by atoms with Gasteiger partial charge in [-0.25, -0.2) is 8.42 Å². The average Bonchev–Trinajstić information content (AvgIpc) is 2.94. The quantitative estimate of drug-likeness (QED) is 0.258. The topological polar surface area (TPSA) is 96.0 Å². The zero-order chi connectivity index (χ0) is 29.3. The number of anilines is 1. The van der Waals surface area contributed by atoms with Crippen molar-refractivity contribution in [2.75, 3.05) is 24.5 Å². The number of nitrogens with zero attached hydrogens (tertiary/aromatic N) is 2. The highest BCUT2D eigenvalue weighted by atomic mass is 35.5. The molecule has 2 amide bonds. The van der Waals surface area contributed by atoms with E-state index in [0.29, 0.717) is 22.3 Å². The van der Waals surface area contributed by atoms with Crippen LogP contribution in [-0.2, 0) is 26.2 Å². The van der Waals surface area contributed by atoms with Gasteiger partial charge in [0.2, 0.25) is 11.8 Å². The molecule has 0 fully saturated rings. The third-order valence-electron chi connectivity index (χ3n) is 6.26. The van der Waals surface area contributed by atoms with E-state index in [9.17, 15) is 18.0 Å². The Morgan fingerprint density at radius 3 is 2.33 bits per heavy atom. The van der Waals surface area contributed by atoms with Gasteiger partial charge in [-0.05, 0) is 73.5 Å². The van der Waals surface area contributed by atoms with Gasteiger partial charge < -0.3 is 15.0 Å². The number of halogens is 2. The molecule has 0 unspecified atom stereocenters. The predicted octanol–water partition coefficient (Wildman–Crippen LogP) is 5.53. The summed E-state index contributed by atoms with van der Waals surface area (Å²) in [6.45, 7) is 3.60. The first-order valence-electron chi connectivity index (χ1n) is 12.8. The molecule has 0 saturated heterocycles. The summed E-state index contributed by atoms with van der Waals surface area (Å²) in [6, 6.07) is 18.2. The SMILES string of the molecule is CCCCNC(=O)[C@H](C)N(Cc1cccc(OC)c1)C(=O)CN(c1cccc(Cl)c1)S(=O)(=O)c1ccc(Cl)cc1. The lowest BCUT2D eigenvalue weighted by Crippen LogP contribution is -2.51. The van der Waals surface area contributed by atoms with Gasteiger partial charge in [0.05, 0.1) is 17.7 Å². The number of hydrogen-bond acceptors (Lipinski definition) is 5. The number of rotatable bonds is 13. The molecule has 214 valence electrons. The van der Waals surface area contributed by atoms with Crippen molar-refractivity contribution in [2.24, 2.45) is 0 Å². The number of hydrogen-bond donors (Lipinski definition) is 1. The highest BCUT2D eigenvalue weighted by Crippen LogP contribution is 2.27.